The average molecular weight is 483 g/mol. The summed E-state index contributed by atoms with van der Waals surface area (Å²) in [7, 11) is 0. The van der Waals surface area contributed by atoms with Gasteiger partial charge in [-0.25, -0.2) is 14.8 Å². The van der Waals surface area contributed by atoms with Crippen molar-refractivity contribution in [3.05, 3.63) is 84.2 Å². The number of aromatic nitrogens is 2. The predicted molar refractivity (Wildman–Crippen MR) is 141 cm³/mol. The summed E-state index contributed by atoms with van der Waals surface area (Å²) in [6, 6.07) is 22.2. The summed E-state index contributed by atoms with van der Waals surface area (Å²) in [6.45, 7) is 4.91. The first-order chi connectivity index (χ1) is 17.5. The van der Waals surface area contributed by atoms with Gasteiger partial charge in [0.1, 0.15) is 30.7 Å². The zero-order valence-corrected chi connectivity index (χ0v) is 20.0. The van der Waals surface area contributed by atoms with Crippen molar-refractivity contribution in [2.45, 2.75) is 13.8 Å². The molecule has 0 atom stereocenters. The number of rotatable bonds is 6. The van der Waals surface area contributed by atoms with Crippen molar-refractivity contribution < 1.29 is 14.3 Å². The molecule has 2 amide bonds. The van der Waals surface area contributed by atoms with E-state index in [1.165, 1.54) is 5.56 Å². The Morgan fingerprint density at radius 2 is 1.19 bits per heavy atom. The van der Waals surface area contributed by atoms with Crippen LogP contribution in [0.1, 0.15) is 11.4 Å². The molecule has 9 nitrogen and oxygen atoms in total. The highest BCUT2D eigenvalue weighted by atomic mass is 16.6. The molecule has 5 rings (SSSR count). The van der Waals surface area contributed by atoms with Gasteiger partial charge in [0.25, 0.3) is 0 Å². The molecule has 2 heterocycles. The van der Waals surface area contributed by atoms with Gasteiger partial charge in [-0.1, -0.05) is 17.7 Å². The van der Waals surface area contributed by atoms with Gasteiger partial charge in [-0.05, 0) is 62.4 Å². The zero-order valence-electron chi connectivity index (χ0n) is 20.0. The normalized spacial score (nSPS) is 11.9. The molecule has 3 aromatic carbocycles. The van der Waals surface area contributed by atoms with Crippen molar-refractivity contribution in [2.24, 2.45) is 0 Å². The molecule has 182 valence electrons. The maximum Gasteiger partial charge on any atom is 0.323 e. The van der Waals surface area contributed by atoms with Crippen molar-refractivity contribution in [3.8, 4) is 11.5 Å². The fourth-order valence-electron chi connectivity index (χ4n) is 3.68. The molecule has 1 aliphatic heterocycles. The van der Waals surface area contributed by atoms with E-state index in [1.54, 1.807) is 18.2 Å². The van der Waals surface area contributed by atoms with Crippen LogP contribution in [0.25, 0.3) is 0 Å². The van der Waals surface area contributed by atoms with Gasteiger partial charge >= 0.3 is 6.03 Å². The maximum absolute atomic E-state index is 12.4. The number of hydrogen-bond acceptors (Lipinski definition) is 7. The van der Waals surface area contributed by atoms with Gasteiger partial charge in [0.15, 0.2) is 11.5 Å². The minimum atomic E-state index is -0.356. The number of aryl methyl sites for hydroxylation is 2. The van der Waals surface area contributed by atoms with Gasteiger partial charge in [-0.3, -0.25) is 0 Å². The molecule has 1 aromatic heterocycles. The molecule has 4 aromatic rings. The van der Waals surface area contributed by atoms with Crippen molar-refractivity contribution in [3.63, 3.8) is 0 Å². The molecule has 4 N–H and O–H groups in total. The molecule has 0 fully saturated rings. The van der Waals surface area contributed by atoms with Crippen LogP contribution in [0, 0.1) is 13.8 Å². The fourth-order valence-corrected chi connectivity index (χ4v) is 3.68. The molecule has 0 unspecified atom stereocenters. The van der Waals surface area contributed by atoms with Crippen LogP contribution in [-0.4, -0.2) is 29.2 Å². The van der Waals surface area contributed by atoms with Crippen LogP contribution in [-0.2, 0) is 0 Å². The Morgan fingerprint density at radius 1 is 0.667 bits per heavy atom. The Labute approximate surface area is 208 Å². The van der Waals surface area contributed by atoms with Crippen molar-refractivity contribution >= 4 is 40.4 Å². The van der Waals surface area contributed by atoms with E-state index in [9.17, 15) is 4.79 Å². The van der Waals surface area contributed by atoms with E-state index in [0.717, 1.165) is 11.4 Å². The second kappa shape index (κ2) is 10.2. The van der Waals surface area contributed by atoms with E-state index < -0.39 is 0 Å². The number of benzene rings is 3. The lowest BCUT2D eigenvalue weighted by Gasteiger charge is -2.19. The van der Waals surface area contributed by atoms with Crippen molar-refractivity contribution in [1.82, 2.24) is 9.97 Å². The predicted octanol–water partition coefficient (Wildman–Crippen LogP) is 6.00. The van der Waals surface area contributed by atoms with Gasteiger partial charge < -0.3 is 30.7 Å². The molecule has 0 bridgehead atoms. The quantitative estimate of drug-likeness (QED) is 0.267. The maximum atomic E-state index is 12.4. The minimum Gasteiger partial charge on any atom is -0.486 e. The van der Waals surface area contributed by atoms with Gasteiger partial charge in [0.05, 0.1) is 0 Å². The molecule has 0 radical (unpaired) electrons. The third-order valence-corrected chi connectivity index (χ3v) is 5.38. The Morgan fingerprint density at radius 3 is 1.86 bits per heavy atom. The first kappa shape index (κ1) is 23.0. The van der Waals surface area contributed by atoms with E-state index in [2.05, 4.69) is 31.2 Å². The number of carbonyl (C=O) groups excluding carboxylic acids is 1. The van der Waals surface area contributed by atoms with Crippen LogP contribution < -0.4 is 30.7 Å². The minimum absolute atomic E-state index is 0.356. The molecule has 9 heteroatoms. The number of nitrogens with zero attached hydrogens (tertiary/aromatic N) is 2. The lowest BCUT2D eigenvalue weighted by molar-refractivity contribution is 0.171. The number of ether oxygens (including phenoxy) is 2. The third kappa shape index (κ3) is 5.82. The number of carbonyl (C=O) groups is 1. The third-order valence-electron chi connectivity index (χ3n) is 5.38. The smallest absolute Gasteiger partial charge is 0.323 e. The largest absolute Gasteiger partial charge is 0.486 e. The van der Waals surface area contributed by atoms with Crippen LogP contribution >= 0.6 is 0 Å². The Bertz CT molecular complexity index is 1370. The molecule has 0 spiro atoms. The SMILES string of the molecule is Cc1ccc(Nc2cc(Nc3ccc(NC(=O)Nc4ccc5c(c4)OCCO5)cc3)nc(C)n2)cc1. The highest BCUT2D eigenvalue weighted by Gasteiger charge is 2.13. The topological polar surface area (TPSA) is 109 Å². The lowest BCUT2D eigenvalue weighted by Crippen LogP contribution is -2.20. The number of urea groups is 1. The van der Waals surface area contributed by atoms with Crippen LogP contribution in [0.15, 0.2) is 72.8 Å². The second-order valence-corrected chi connectivity index (χ2v) is 8.32. The number of hydrogen-bond donors (Lipinski definition) is 4. The molecule has 0 aliphatic carbocycles. The number of nitrogens with one attached hydrogen (secondary N) is 4. The first-order valence-corrected chi connectivity index (χ1v) is 11.5. The van der Waals surface area contributed by atoms with Crippen LogP contribution in [0.3, 0.4) is 0 Å². The summed E-state index contributed by atoms with van der Waals surface area (Å²) in [4.78, 5) is 21.4. The van der Waals surface area contributed by atoms with E-state index in [-0.39, 0.29) is 6.03 Å². The second-order valence-electron chi connectivity index (χ2n) is 8.32. The van der Waals surface area contributed by atoms with Crippen LogP contribution in [0.5, 0.6) is 11.5 Å². The van der Waals surface area contributed by atoms with Crippen molar-refractivity contribution in [1.29, 1.82) is 0 Å². The molecular weight excluding hydrogens is 456 g/mol. The lowest BCUT2D eigenvalue weighted by atomic mass is 10.2. The molecule has 0 saturated heterocycles. The molecule has 1 aliphatic rings. The van der Waals surface area contributed by atoms with Gasteiger partial charge in [0.2, 0.25) is 0 Å². The summed E-state index contributed by atoms with van der Waals surface area (Å²) >= 11 is 0. The standard InChI is InChI=1S/C27H26N6O3/c1-17-3-5-19(6-4-17)30-25-16-26(29-18(2)28-25)31-20-7-9-21(10-8-20)32-27(34)33-22-11-12-23-24(15-22)36-14-13-35-23/h3-12,15-16H,13-14H2,1-2H3,(H2,32,33,34)(H2,28,29,30,31). The Balaban J connectivity index is 1.19. The van der Waals surface area contributed by atoms with Gasteiger partial charge in [-0.15, -0.1) is 0 Å². The van der Waals surface area contributed by atoms with Gasteiger partial charge in [-0.2, -0.15) is 0 Å². The van der Waals surface area contributed by atoms with Crippen LogP contribution in [0.2, 0.25) is 0 Å². The summed E-state index contributed by atoms with van der Waals surface area (Å²) < 4.78 is 11.1. The highest BCUT2D eigenvalue weighted by Crippen LogP contribution is 2.32. The number of fused-ring (bicyclic) bond motifs is 1. The van der Waals surface area contributed by atoms with Crippen LogP contribution in [0.4, 0.5) is 39.2 Å². The van der Waals surface area contributed by atoms with E-state index in [1.807, 2.05) is 68.4 Å². The monoisotopic (exact) mass is 482 g/mol. The number of anilines is 6. The number of amides is 2. The highest BCUT2D eigenvalue weighted by molar-refractivity contribution is 6.00. The van der Waals surface area contributed by atoms with E-state index >= 15 is 0 Å². The Kier molecular flexibility index (Phi) is 6.53. The summed E-state index contributed by atoms with van der Waals surface area (Å²) in [5, 5.41) is 12.2. The fraction of sp³-hybridized carbons (Fsp3) is 0.148. The van der Waals surface area contributed by atoms with Gasteiger partial charge in [0, 0.05) is 34.9 Å². The summed E-state index contributed by atoms with van der Waals surface area (Å²) in [5.41, 5.74) is 4.24. The summed E-state index contributed by atoms with van der Waals surface area (Å²) in [6.07, 6.45) is 0. The Hall–Kier alpha value is -4.79. The zero-order chi connectivity index (χ0) is 24.9. The molecular formula is C27H26N6O3. The van der Waals surface area contributed by atoms with E-state index in [4.69, 9.17) is 9.47 Å². The first-order valence-electron chi connectivity index (χ1n) is 11.5. The summed E-state index contributed by atoms with van der Waals surface area (Å²) in [5.74, 6) is 3.29. The molecule has 36 heavy (non-hydrogen) atoms. The molecule has 0 saturated carbocycles. The van der Waals surface area contributed by atoms with Crippen molar-refractivity contribution in [2.75, 3.05) is 34.5 Å². The van der Waals surface area contributed by atoms with E-state index in [0.29, 0.717) is 53.5 Å². The average Bonchev–Trinajstić information content (AvgIpc) is 2.86.